The van der Waals surface area contributed by atoms with E-state index in [1.165, 1.54) is 44.9 Å². The van der Waals surface area contributed by atoms with Crippen molar-refractivity contribution in [2.24, 2.45) is 0 Å². The van der Waals surface area contributed by atoms with Gasteiger partial charge in [0, 0.05) is 30.6 Å². The SMILES string of the molecule is O=C(NCCSC1CCCC1)Nc1ccc(N2CCCCC2)nc1. The summed E-state index contributed by atoms with van der Waals surface area (Å²) in [5.41, 5.74) is 0.747. The van der Waals surface area contributed by atoms with Crippen LogP contribution in [-0.4, -0.2) is 41.7 Å². The van der Waals surface area contributed by atoms with Crippen molar-refractivity contribution in [2.75, 3.05) is 35.6 Å². The molecule has 1 aliphatic heterocycles. The Hall–Kier alpha value is -1.43. The van der Waals surface area contributed by atoms with E-state index in [0.29, 0.717) is 6.54 Å². The summed E-state index contributed by atoms with van der Waals surface area (Å²) in [6.07, 6.45) is 11.0. The molecule has 2 N–H and O–H groups in total. The number of hydrogen-bond acceptors (Lipinski definition) is 4. The molecule has 0 spiro atoms. The van der Waals surface area contributed by atoms with Crippen LogP contribution < -0.4 is 15.5 Å². The summed E-state index contributed by atoms with van der Waals surface area (Å²) in [5, 5.41) is 6.59. The van der Waals surface area contributed by atoms with Gasteiger partial charge in [0.2, 0.25) is 0 Å². The van der Waals surface area contributed by atoms with Gasteiger partial charge in [0.1, 0.15) is 5.82 Å². The van der Waals surface area contributed by atoms with Gasteiger partial charge in [-0.1, -0.05) is 12.8 Å². The Morgan fingerprint density at radius 1 is 1.17 bits per heavy atom. The van der Waals surface area contributed by atoms with Crippen LogP contribution in [0.5, 0.6) is 0 Å². The maximum atomic E-state index is 11.9. The summed E-state index contributed by atoms with van der Waals surface area (Å²) in [6, 6.07) is 3.79. The number of nitrogens with one attached hydrogen (secondary N) is 2. The van der Waals surface area contributed by atoms with Crippen LogP contribution in [0.2, 0.25) is 0 Å². The lowest BCUT2D eigenvalue weighted by atomic mass is 10.1. The summed E-state index contributed by atoms with van der Waals surface area (Å²) in [4.78, 5) is 18.7. The van der Waals surface area contributed by atoms with Crippen molar-refractivity contribution in [2.45, 2.75) is 50.2 Å². The van der Waals surface area contributed by atoms with E-state index in [-0.39, 0.29) is 6.03 Å². The first-order valence-electron chi connectivity index (χ1n) is 9.19. The standard InChI is InChI=1S/C18H28N4OS/c23-18(19-10-13-24-16-6-2-3-7-16)21-15-8-9-17(20-14-15)22-11-4-1-5-12-22/h8-9,14,16H,1-7,10-13H2,(H2,19,21,23). The molecule has 132 valence electrons. The highest BCUT2D eigenvalue weighted by Gasteiger charge is 2.15. The van der Waals surface area contributed by atoms with Crippen molar-refractivity contribution >= 4 is 29.3 Å². The van der Waals surface area contributed by atoms with E-state index in [2.05, 4.69) is 20.5 Å². The normalized spacial score (nSPS) is 18.6. The van der Waals surface area contributed by atoms with Gasteiger partial charge in [-0.2, -0.15) is 11.8 Å². The van der Waals surface area contributed by atoms with E-state index in [4.69, 9.17) is 0 Å². The molecular weight excluding hydrogens is 320 g/mol. The van der Waals surface area contributed by atoms with Crippen LogP contribution in [0.3, 0.4) is 0 Å². The molecule has 1 aromatic heterocycles. The first-order chi connectivity index (χ1) is 11.8. The molecule has 2 aliphatic rings. The number of thioether (sulfide) groups is 1. The van der Waals surface area contributed by atoms with E-state index in [0.717, 1.165) is 35.6 Å². The average Bonchev–Trinajstić information content (AvgIpc) is 3.14. The minimum atomic E-state index is -0.144. The Labute approximate surface area is 149 Å². The lowest BCUT2D eigenvalue weighted by molar-refractivity contribution is 0.252. The quantitative estimate of drug-likeness (QED) is 0.766. The van der Waals surface area contributed by atoms with Crippen LogP contribution >= 0.6 is 11.8 Å². The van der Waals surface area contributed by atoms with Crippen molar-refractivity contribution in [1.29, 1.82) is 0 Å². The average molecular weight is 349 g/mol. The largest absolute Gasteiger partial charge is 0.357 e. The number of urea groups is 1. The molecule has 2 amide bonds. The molecule has 0 aromatic carbocycles. The van der Waals surface area contributed by atoms with Crippen molar-refractivity contribution in [3.63, 3.8) is 0 Å². The molecule has 0 unspecified atom stereocenters. The minimum absolute atomic E-state index is 0.144. The first-order valence-corrected chi connectivity index (χ1v) is 10.2. The van der Waals surface area contributed by atoms with E-state index < -0.39 is 0 Å². The third-order valence-corrected chi connectivity index (χ3v) is 6.11. The number of carbonyl (C=O) groups is 1. The smallest absolute Gasteiger partial charge is 0.319 e. The molecule has 24 heavy (non-hydrogen) atoms. The number of pyridine rings is 1. The van der Waals surface area contributed by atoms with Crippen LogP contribution in [0.4, 0.5) is 16.3 Å². The van der Waals surface area contributed by atoms with Gasteiger partial charge in [0.15, 0.2) is 0 Å². The number of aromatic nitrogens is 1. The fourth-order valence-corrected chi connectivity index (χ4v) is 4.61. The third-order valence-electron chi connectivity index (χ3n) is 4.73. The lowest BCUT2D eigenvalue weighted by Crippen LogP contribution is -2.31. The predicted octanol–water partition coefficient (Wildman–Crippen LogP) is 3.87. The summed E-state index contributed by atoms with van der Waals surface area (Å²) >= 11 is 1.99. The molecule has 6 heteroatoms. The molecule has 1 saturated carbocycles. The zero-order valence-corrected chi connectivity index (χ0v) is 15.1. The molecule has 1 aromatic rings. The van der Waals surface area contributed by atoms with Crippen molar-refractivity contribution < 1.29 is 4.79 Å². The van der Waals surface area contributed by atoms with Crippen LogP contribution in [-0.2, 0) is 0 Å². The number of anilines is 2. The highest BCUT2D eigenvalue weighted by atomic mass is 32.2. The van der Waals surface area contributed by atoms with Crippen LogP contribution in [0, 0.1) is 0 Å². The number of amides is 2. The zero-order chi connectivity index (χ0) is 16.6. The van der Waals surface area contributed by atoms with Crippen molar-refractivity contribution in [3.05, 3.63) is 18.3 Å². The van der Waals surface area contributed by atoms with Crippen molar-refractivity contribution in [1.82, 2.24) is 10.3 Å². The van der Waals surface area contributed by atoms with Crippen molar-refractivity contribution in [3.8, 4) is 0 Å². The van der Waals surface area contributed by atoms with Gasteiger partial charge in [-0.25, -0.2) is 9.78 Å². The lowest BCUT2D eigenvalue weighted by Gasteiger charge is -2.27. The second kappa shape index (κ2) is 9.16. The number of rotatable bonds is 6. The molecule has 0 atom stereocenters. The van der Waals surface area contributed by atoms with Crippen LogP contribution in [0.25, 0.3) is 0 Å². The number of hydrogen-bond donors (Lipinski definition) is 2. The first kappa shape index (κ1) is 17.4. The minimum Gasteiger partial charge on any atom is -0.357 e. The summed E-state index contributed by atoms with van der Waals surface area (Å²) in [5.74, 6) is 2.00. The Morgan fingerprint density at radius 3 is 2.67 bits per heavy atom. The third kappa shape index (κ3) is 5.30. The highest BCUT2D eigenvalue weighted by molar-refractivity contribution is 7.99. The molecule has 0 radical (unpaired) electrons. The summed E-state index contributed by atoms with van der Waals surface area (Å²) < 4.78 is 0. The maximum absolute atomic E-state index is 11.9. The van der Waals surface area contributed by atoms with Gasteiger partial charge in [-0.15, -0.1) is 0 Å². The van der Waals surface area contributed by atoms with Gasteiger partial charge < -0.3 is 15.5 Å². The molecule has 2 heterocycles. The van der Waals surface area contributed by atoms with E-state index >= 15 is 0 Å². The molecule has 1 aliphatic carbocycles. The molecule has 0 bridgehead atoms. The number of carbonyl (C=O) groups excluding carboxylic acids is 1. The Balaban J connectivity index is 1.36. The maximum Gasteiger partial charge on any atom is 0.319 e. The van der Waals surface area contributed by atoms with Gasteiger partial charge >= 0.3 is 6.03 Å². The van der Waals surface area contributed by atoms with Gasteiger partial charge in [-0.3, -0.25) is 0 Å². The van der Waals surface area contributed by atoms with Gasteiger partial charge in [0.25, 0.3) is 0 Å². The molecule has 5 nitrogen and oxygen atoms in total. The molecule has 3 rings (SSSR count). The second-order valence-corrected chi connectivity index (χ2v) is 8.02. The van der Waals surface area contributed by atoms with Gasteiger partial charge in [0.05, 0.1) is 11.9 Å². The fourth-order valence-electron chi connectivity index (χ4n) is 3.39. The van der Waals surface area contributed by atoms with E-state index in [1.54, 1.807) is 6.20 Å². The molecule has 2 fully saturated rings. The summed E-state index contributed by atoms with van der Waals surface area (Å²) in [7, 11) is 0. The number of piperidine rings is 1. The zero-order valence-electron chi connectivity index (χ0n) is 14.3. The summed E-state index contributed by atoms with van der Waals surface area (Å²) in [6.45, 7) is 2.88. The Kier molecular flexibility index (Phi) is 6.64. The van der Waals surface area contributed by atoms with Crippen LogP contribution in [0.15, 0.2) is 18.3 Å². The van der Waals surface area contributed by atoms with Gasteiger partial charge in [-0.05, 0) is 44.2 Å². The molecule has 1 saturated heterocycles. The fraction of sp³-hybridized carbons (Fsp3) is 0.667. The molecular formula is C18H28N4OS. The Morgan fingerprint density at radius 2 is 1.96 bits per heavy atom. The predicted molar refractivity (Wildman–Crippen MR) is 102 cm³/mol. The van der Waals surface area contributed by atoms with E-state index in [1.807, 2.05) is 23.9 Å². The number of nitrogens with zero attached hydrogens (tertiary/aromatic N) is 2. The van der Waals surface area contributed by atoms with E-state index in [9.17, 15) is 4.79 Å². The monoisotopic (exact) mass is 348 g/mol. The second-order valence-electron chi connectivity index (χ2n) is 6.61. The highest BCUT2D eigenvalue weighted by Crippen LogP contribution is 2.28. The van der Waals surface area contributed by atoms with Crippen LogP contribution in [0.1, 0.15) is 44.9 Å². The Bertz CT molecular complexity index is 510. The topological polar surface area (TPSA) is 57.3 Å².